The fourth-order valence-electron chi connectivity index (χ4n) is 2.45. The lowest BCUT2D eigenvalue weighted by Crippen LogP contribution is -2.10. The zero-order chi connectivity index (χ0) is 21.3. The van der Waals surface area contributed by atoms with E-state index < -0.39 is 11.7 Å². The third-order valence-corrected chi connectivity index (χ3v) is 5.38. The third kappa shape index (κ3) is 7.36. The van der Waals surface area contributed by atoms with E-state index in [0.29, 0.717) is 0 Å². The summed E-state index contributed by atoms with van der Waals surface area (Å²) >= 11 is 12.4. The van der Waals surface area contributed by atoms with Crippen molar-refractivity contribution in [2.75, 3.05) is 0 Å². The van der Waals surface area contributed by atoms with Crippen molar-refractivity contribution < 1.29 is 17.9 Å². The van der Waals surface area contributed by atoms with Crippen molar-refractivity contribution in [1.82, 2.24) is 0 Å². The first kappa shape index (κ1) is 23.8. The van der Waals surface area contributed by atoms with Crippen LogP contribution in [-0.4, -0.2) is 0 Å². The van der Waals surface area contributed by atoms with Gasteiger partial charge in [-0.1, -0.05) is 104 Å². The summed E-state index contributed by atoms with van der Waals surface area (Å²) < 4.78 is 44.5. The Hall–Kier alpha value is -1.50. The molecule has 3 aromatic rings. The molecule has 0 amide bonds. The van der Waals surface area contributed by atoms with E-state index in [4.69, 9.17) is 16.3 Å². The van der Waals surface area contributed by atoms with Crippen molar-refractivity contribution in [3.63, 3.8) is 0 Å². The second kappa shape index (κ2) is 11.6. The van der Waals surface area contributed by atoms with Gasteiger partial charge in [0.05, 0.1) is 10.6 Å². The predicted molar refractivity (Wildman–Crippen MR) is 119 cm³/mol. The van der Waals surface area contributed by atoms with Gasteiger partial charge in [-0.2, -0.15) is 13.2 Å². The van der Waals surface area contributed by atoms with Crippen LogP contribution in [0.1, 0.15) is 22.3 Å². The molecule has 0 fully saturated rings. The molecule has 1 nitrogen and oxygen atoms in total. The molecule has 154 valence electrons. The maximum absolute atomic E-state index is 13.0. The number of hydrogen-bond acceptors (Lipinski definition) is 1. The highest BCUT2D eigenvalue weighted by atomic mass is 79.9. The summed E-state index contributed by atoms with van der Waals surface area (Å²) in [6, 6.07) is 21.6. The predicted octanol–water partition coefficient (Wildman–Crippen LogP) is 8.41. The lowest BCUT2D eigenvalue weighted by Gasteiger charge is -2.17. The second-order valence-electron chi connectivity index (χ2n) is 5.93. The highest BCUT2D eigenvalue weighted by Gasteiger charge is 2.35. The first-order valence-corrected chi connectivity index (χ1v) is 11.2. The van der Waals surface area contributed by atoms with Gasteiger partial charge in [-0.15, -0.1) is 0 Å². The van der Waals surface area contributed by atoms with Crippen molar-refractivity contribution in [2.45, 2.75) is 23.4 Å². The van der Waals surface area contributed by atoms with Crippen molar-refractivity contribution in [2.24, 2.45) is 0 Å². The standard InChI is InChI=1S/C15H11BrClF3O.C7H7Br/c16-8-11-12(15(18,19)20)6-7-13(17)14(11)21-9-10-4-2-1-3-5-10;8-6-7-4-2-1-3-5-7/h1-7H,8-9H2;1-5H,6H2. The molecule has 0 atom stereocenters. The summed E-state index contributed by atoms with van der Waals surface area (Å²) in [4.78, 5) is 0. The van der Waals surface area contributed by atoms with E-state index in [1.165, 1.54) is 11.6 Å². The van der Waals surface area contributed by atoms with Crippen LogP contribution in [-0.2, 0) is 23.4 Å². The molecular weight excluding hydrogens is 532 g/mol. The topological polar surface area (TPSA) is 9.23 Å². The van der Waals surface area contributed by atoms with Gasteiger partial charge >= 0.3 is 6.18 Å². The Bertz CT molecular complexity index is 888. The van der Waals surface area contributed by atoms with Gasteiger partial charge in [-0.3, -0.25) is 0 Å². The molecule has 0 radical (unpaired) electrons. The average molecular weight is 551 g/mol. The Kier molecular flexibility index (Phi) is 9.53. The molecule has 0 heterocycles. The van der Waals surface area contributed by atoms with Gasteiger partial charge in [0.25, 0.3) is 0 Å². The quantitative estimate of drug-likeness (QED) is 0.290. The van der Waals surface area contributed by atoms with Gasteiger partial charge in [0.2, 0.25) is 0 Å². The Morgan fingerprint density at radius 3 is 1.76 bits per heavy atom. The van der Waals surface area contributed by atoms with Gasteiger partial charge < -0.3 is 4.74 Å². The van der Waals surface area contributed by atoms with E-state index in [1.807, 2.05) is 48.5 Å². The van der Waals surface area contributed by atoms with Gasteiger partial charge in [0, 0.05) is 16.2 Å². The molecule has 0 saturated carbocycles. The van der Waals surface area contributed by atoms with Crippen LogP contribution in [0.25, 0.3) is 0 Å². The van der Waals surface area contributed by atoms with Gasteiger partial charge in [0.15, 0.2) is 0 Å². The number of hydrogen-bond donors (Lipinski definition) is 0. The second-order valence-corrected chi connectivity index (χ2v) is 7.46. The van der Waals surface area contributed by atoms with E-state index in [0.717, 1.165) is 17.0 Å². The van der Waals surface area contributed by atoms with Crippen molar-refractivity contribution in [1.29, 1.82) is 0 Å². The first-order valence-electron chi connectivity index (χ1n) is 8.58. The van der Waals surface area contributed by atoms with Crippen LogP contribution >= 0.6 is 43.5 Å². The fourth-order valence-corrected chi connectivity index (χ4v) is 3.61. The van der Waals surface area contributed by atoms with Crippen LogP contribution in [0.5, 0.6) is 5.75 Å². The number of benzene rings is 3. The number of rotatable bonds is 5. The molecule has 0 aliphatic rings. The normalized spacial score (nSPS) is 10.8. The molecule has 7 heteroatoms. The Morgan fingerprint density at radius 2 is 1.31 bits per heavy atom. The van der Waals surface area contributed by atoms with Gasteiger partial charge in [0.1, 0.15) is 12.4 Å². The molecule has 0 saturated heterocycles. The Balaban J connectivity index is 0.000000313. The zero-order valence-electron chi connectivity index (χ0n) is 15.2. The van der Waals surface area contributed by atoms with Crippen LogP contribution in [0.3, 0.4) is 0 Å². The minimum Gasteiger partial charge on any atom is -0.487 e. The van der Waals surface area contributed by atoms with E-state index in [1.54, 1.807) is 0 Å². The summed E-state index contributed by atoms with van der Waals surface area (Å²) in [5.41, 5.74) is 1.44. The van der Waals surface area contributed by atoms with Crippen LogP contribution in [0, 0.1) is 0 Å². The number of alkyl halides is 5. The molecule has 0 N–H and O–H groups in total. The van der Waals surface area contributed by atoms with Crippen LogP contribution in [0.2, 0.25) is 5.02 Å². The fraction of sp³-hybridized carbons (Fsp3) is 0.182. The monoisotopic (exact) mass is 548 g/mol. The summed E-state index contributed by atoms with van der Waals surface area (Å²) in [6.45, 7) is 0.155. The maximum atomic E-state index is 13.0. The molecule has 0 aliphatic carbocycles. The molecule has 0 spiro atoms. The van der Waals surface area contributed by atoms with E-state index in [9.17, 15) is 13.2 Å². The molecule has 0 bridgehead atoms. The molecule has 0 unspecified atom stereocenters. The molecule has 0 aromatic heterocycles. The molecular formula is C22H18Br2ClF3O. The maximum Gasteiger partial charge on any atom is 0.416 e. The number of ether oxygens (including phenoxy) is 1. The van der Waals surface area contributed by atoms with E-state index in [2.05, 4.69) is 44.0 Å². The van der Waals surface area contributed by atoms with Crippen LogP contribution in [0.4, 0.5) is 13.2 Å². The minimum atomic E-state index is -4.45. The van der Waals surface area contributed by atoms with Gasteiger partial charge in [-0.05, 0) is 23.3 Å². The van der Waals surface area contributed by atoms with Crippen LogP contribution < -0.4 is 4.74 Å². The molecule has 3 rings (SSSR count). The summed E-state index contributed by atoms with van der Waals surface area (Å²) in [7, 11) is 0. The Morgan fingerprint density at radius 1 is 0.759 bits per heavy atom. The molecule has 0 aliphatic heterocycles. The first-order chi connectivity index (χ1) is 13.9. The van der Waals surface area contributed by atoms with Crippen LogP contribution in [0.15, 0.2) is 72.8 Å². The highest BCUT2D eigenvalue weighted by Crippen LogP contribution is 2.41. The smallest absolute Gasteiger partial charge is 0.416 e. The third-order valence-electron chi connectivity index (χ3n) is 3.87. The van der Waals surface area contributed by atoms with E-state index >= 15 is 0 Å². The molecule has 3 aromatic carbocycles. The Labute approximate surface area is 190 Å². The largest absolute Gasteiger partial charge is 0.487 e. The number of halogens is 6. The minimum absolute atomic E-state index is 0.00549. The lowest BCUT2D eigenvalue weighted by atomic mass is 10.1. The molecule has 29 heavy (non-hydrogen) atoms. The van der Waals surface area contributed by atoms with Crippen molar-refractivity contribution >= 4 is 43.5 Å². The van der Waals surface area contributed by atoms with Crippen molar-refractivity contribution in [3.8, 4) is 5.75 Å². The summed E-state index contributed by atoms with van der Waals surface area (Å²) in [6.07, 6.45) is -4.45. The van der Waals surface area contributed by atoms with E-state index in [-0.39, 0.29) is 28.3 Å². The average Bonchev–Trinajstić information content (AvgIpc) is 2.73. The van der Waals surface area contributed by atoms with Gasteiger partial charge in [-0.25, -0.2) is 0 Å². The summed E-state index contributed by atoms with van der Waals surface area (Å²) in [5.74, 6) is 0.0622. The summed E-state index contributed by atoms with van der Waals surface area (Å²) in [5, 5.41) is 1.12. The van der Waals surface area contributed by atoms with Crippen molar-refractivity contribution in [3.05, 3.63) is 100 Å². The SMILES string of the molecule is BrCc1ccccc1.FC(F)(F)c1ccc(Cl)c(OCc2ccccc2)c1CBr. The highest BCUT2D eigenvalue weighted by molar-refractivity contribution is 9.08. The zero-order valence-corrected chi connectivity index (χ0v) is 19.2. The lowest BCUT2D eigenvalue weighted by molar-refractivity contribution is -0.138.